The number of esters is 1. The fourth-order valence-corrected chi connectivity index (χ4v) is 4.84. The number of hydrogen-bond acceptors (Lipinski definition) is 4. The van der Waals surface area contributed by atoms with Crippen LogP contribution in [-0.2, 0) is 26.9 Å². The summed E-state index contributed by atoms with van der Waals surface area (Å²) in [6.07, 6.45) is 6.08. The van der Waals surface area contributed by atoms with Gasteiger partial charge < -0.3 is 9.64 Å². The van der Waals surface area contributed by atoms with E-state index in [1.807, 2.05) is 36.4 Å². The number of para-hydroxylation sites is 1. The Bertz CT molecular complexity index is 834. The standard InChI is InChI=1S/C22H27NO3S/c1-3-4-5-6-9-14-23-19-10-7-8-11-21(19)27(25)22-15-18(12-13-20(22)23)16-26-17(2)24/h7-8,10-13,15H,3-6,9,14,16H2,1-2H3. The van der Waals surface area contributed by atoms with Gasteiger partial charge in [-0.2, -0.15) is 0 Å². The Hall–Kier alpha value is -2.14. The number of carbonyl (C=O) groups excluding carboxylic acids is 1. The van der Waals surface area contributed by atoms with Crippen LogP contribution >= 0.6 is 0 Å². The van der Waals surface area contributed by atoms with Crippen LogP contribution in [0.1, 0.15) is 51.5 Å². The highest BCUT2D eigenvalue weighted by Crippen LogP contribution is 2.42. The van der Waals surface area contributed by atoms with E-state index in [0.29, 0.717) is 0 Å². The van der Waals surface area contributed by atoms with E-state index in [9.17, 15) is 9.00 Å². The van der Waals surface area contributed by atoms with Crippen LogP contribution in [0.25, 0.3) is 0 Å². The van der Waals surface area contributed by atoms with Crippen LogP contribution in [0.15, 0.2) is 52.3 Å². The first kappa shape index (κ1) is 19.6. The zero-order valence-electron chi connectivity index (χ0n) is 16.1. The molecule has 2 aromatic carbocycles. The molecule has 0 saturated carbocycles. The van der Waals surface area contributed by atoms with Gasteiger partial charge in [0.05, 0.1) is 32.0 Å². The van der Waals surface area contributed by atoms with Gasteiger partial charge in [-0.25, -0.2) is 4.21 Å². The van der Waals surface area contributed by atoms with Crippen LogP contribution in [0, 0.1) is 0 Å². The summed E-state index contributed by atoms with van der Waals surface area (Å²) in [5.74, 6) is -0.312. The molecule has 0 spiro atoms. The molecule has 1 aliphatic heterocycles. The van der Waals surface area contributed by atoms with Gasteiger partial charge in [0.15, 0.2) is 0 Å². The van der Waals surface area contributed by atoms with Crippen LogP contribution in [0.4, 0.5) is 11.4 Å². The highest BCUT2D eigenvalue weighted by Gasteiger charge is 2.27. The monoisotopic (exact) mass is 385 g/mol. The summed E-state index contributed by atoms with van der Waals surface area (Å²) in [5, 5.41) is 0. The van der Waals surface area contributed by atoms with Gasteiger partial charge in [-0.3, -0.25) is 4.79 Å². The average Bonchev–Trinajstić information content (AvgIpc) is 2.68. The SMILES string of the molecule is CCCCCCCN1c2ccccc2S(=O)c2cc(COC(C)=O)ccc21. The maximum Gasteiger partial charge on any atom is 0.302 e. The second-order valence-electron chi connectivity index (χ2n) is 6.88. The third-order valence-corrected chi connectivity index (χ3v) is 6.27. The zero-order valence-corrected chi connectivity index (χ0v) is 16.9. The van der Waals surface area contributed by atoms with Crippen molar-refractivity contribution < 1.29 is 13.7 Å². The summed E-state index contributed by atoms with van der Waals surface area (Å²) < 4.78 is 18.2. The summed E-state index contributed by atoms with van der Waals surface area (Å²) in [6, 6.07) is 13.8. The predicted molar refractivity (Wildman–Crippen MR) is 109 cm³/mol. The van der Waals surface area contributed by atoms with Gasteiger partial charge >= 0.3 is 5.97 Å². The highest BCUT2D eigenvalue weighted by atomic mass is 32.2. The Morgan fingerprint density at radius 2 is 1.74 bits per heavy atom. The van der Waals surface area contributed by atoms with Crippen molar-refractivity contribution in [3.63, 3.8) is 0 Å². The largest absolute Gasteiger partial charge is 0.461 e. The van der Waals surface area contributed by atoms with E-state index in [4.69, 9.17) is 4.74 Å². The lowest BCUT2D eigenvalue weighted by Crippen LogP contribution is -2.25. The summed E-state index contributed by atoms with van der Waals surface area (Å²) in [6.45, 7) is 4.74. The van der Waals surface area contributed by atoms with Gasteiger partial charge in [-0.05, 0) is 36.2 Å². The summed E-state index contributed by atoms with van der Waals surface area (Å²) in [4.78, 5) is 15.0. The topological polar surface area (TPSA) is 46.6 Å². The van der Waals surface area contributed by atoms with E-state index in [1.54, 1.807) is 0 Å². The Labute approximate surface area is 164 Å². The van der Waals surface area contributed by atoms with Gasteiger partial charge in [0, 0.05) is 13.5 Å². The number of carbonyl (C=O) groups is 1. The summed E-state index contributed by atoms with van der Waals surface area (Å²) >= 11 is 0. The third-order valence-electron chi connectivity index (χ3n) is 4.80. The molecular weight excluding hydrogens is 358 g/mol. The minimum absolute atomic E-state index is 0.207. The van der Waals surface area contributed by atoms with E-state index in [-0.39, 0.29) is 12.6 Å². The van der Waals surface area contributed by atoms with E-state index < -0.39 is 10.8 Å². The number of unbranched alkanes of at least 4 members (excludes halogenated alkanes) is 4. The lowest BCUT2D eigenvalue weighted by molar-refractivity contribution is -0.142. The van der Waals surface area contributed by atoms with Crippen LogP contribution in [0.3, 0.4) is 0 Å². The van der Waals surface area contributed by atoms with Gasteiger partial charge in [0.2, 0.25) is 0 Å². The van der Waals surface area contributed by atoms with Crippen LogP contribution < -0.4 is 4.90 Å². The first-order chi connectivity index (χ1) is 13.1. The predicted octanol–water partition coefficient (Wildman–Crippen LogP) is 5.34. The molecule has 1 aliphatic rings. The van der Waals surface area contributed by atoms with Crippen molar-refractivity contribution in [1.82, 2.24) is 0 Å². The van der Waals surface area contributed by atoms with Crippen molar-refractivity contribution in [1.29, 1.82) is 0 Å². The quantitative estimate of drug-likeness (QED) is 0.455. The van der Waals surface area contributed by atoms with Gasteiger partial charge in [-0.1, -0.05) is 50.8 Å². The molecule has 27 heavy (non-hydrogen) atoms. The first-order valence-corrected chi connectivity index (χ1v) is 10.8. The van der Waals surface area contributed by atoms with Crippen molar-refractivity contribution in [3.05, 3.63) is 48.0 Å². The molecule has 144 valence electrons. The van der Waals surface area contributed by atoms with E-state index in [0.717, 1.165) is 39.7 Å². The Kier molecular flexibility index (Phi) is 6.67. The fraction of sp³-hybridized carbons (Fsp3) is 0.409. The molecule has 0 bridgehead atoms. The maximum absolute atomic E-state index is 13.1. The number of nitrogens with zero attached hydrogens (tertiary/aromatic N) is 1. The average molecular weight is 386 g/mol. The molecule has 0 fully saturated rings. The molecule has 0 radical (unpaired) electrons. The molecule has 1 atom stereocenters. The molecular formula is C22H27NO3S. The van der Waals surface area contributed by atoms with E-state index >= 15 is 0 Å². The molecule has 5 heteroatoms. The molecule has 1 unspecified atom stereocenters. The number of anilines is 2. The zero-order chi connectivity index (χ0) is 19.2. The second kappa shape index (κ2) is 9.18. The molecule has 0 N–H and O–H groups in total. The van der Waals surface area contributed by atoms with Crippen LogP contribution in [-0.4, -0.2) is 16.7 Å². The van der Waals surface area contributed by atoms with Crippen molar-refractivity contribution in [2.24, 2.45) is 0 Å². The molecule has 4 nitrogen and oxygen atoms in total. The second-order valence-corrected chi connectivity index (χ2v) is 8.30. The Balaban J connectivity index is 1.87. The molecule has 2 aromatic rings. The molecule has 0 amide bonds. The number of benzene rings is 2. The molecule has 0 aliphatic carbocycles. The summed E-state index contributed by atoms with van der Waals surface area (Å²) in [7, 11) is -1.23. The van der Waals surface area contributed by atoms with Crippen molar-refractivity contribution in [2.75, 3.05) is 11.4 Å². The number of hydrogen-bond donors (Lipinski definition) is 0. The normalized spacial score (nSPS) is 15.2. The van der Waals surface area contributed by atoms with E-state index in [1.165, 1.54) is 32.6 Å². The minimum atomic E-state index is -1.23. The lowest BCUT2D eigenvalue weighted by Gasteiger charge is -2.33. The lowest BCUT2D eigenvalue weighted by atomic mass is 10.1. The van der Waals surface area contributed by atoms with Crippen LogP contribution in [0.5, 0.6) is 0 Å². The van der Waals surface area contributed by atoms with Gasteiger partial charge in [-0.15, -0.1) is 0 Å². The van der Waals surface area contributed by atoms with Crippen LogP contribution in [0.2, 0.25) is 0 Å². The summed E-state index contributed by atoms with van der Waals surface area (Å²) in [5.41, 5.74) is 2.89. The molecule has 1 heterocycles. The van der Waals surface area contributed by atoms with Crippen molar-refractivity contribution in [3.8, 4) is 0 Å². The van der Waals surface area contributed by atoms with Crippen molar-refractivity contribution >= 4 is 28.1 Å². The third kappa shape index (κ3) is 4.59. The van der Waals surface area contributed by atoms with Crippen molar-refractivity contribution in [2.45, 2.75) is 62.3 Å². The van der Waals surface area contributed by atoms with Gasteiger partial charge in [0.25, 0.3) is 0 Å². The Morgan fingerprint density at radius 3 is 2.52 bits per heavy atom. The number of ether oxygens (including phenoxy) is 1. The maximum atomic E-state index is 13.1. The fourth-order valence-electron chi connectivity index (χ4n) is 3.40. The smallest absolute Gasteiger partial charge is 0.302 e. The minimum Gasteiger partial charge on any atom is -0.461 e. The van der Waals surface area contributed by atoms with Gasteiger partial charge in [0.1, 0.15) is 6.61 Å². The first-order valence-electron chi connectivity index (χ1n) is 9.66. The Morgan fingerprint density at radius 1 is 1.00 bits per heavy atom. The molecule has 0 saturated heterocycles. The molecule has 3 rings (SSSR count). The number of rotatable bonds is 8. The van der Waals surface area contributed by atoms with E-state index in [2.05, 4.69) is 17.9 Å². The number of fused-ring (bicyclic) bond motifs is 2. The highest BCUT2D eigenvalue weighted by molar-refractivity contribution is 7.85. The molecule has 0 aromatic heterocycles.